The lowest BCUT2D eigenvalue weighted by Gasteiger charge is -2.28. The van der Waals surface area contributed by atoms with E-state index in [0.29, 0.717) is 11.6 Å². The number of hydrogen-bond donors (Lipinski definition) is 3. The summed E-state index contributed by atoms with van der Waals surface area (Å²) in [6, 6.07) is 44.2. The van der Waals surface area contributed by atoms with Crippen molar-refractivity contribution in [1.82, 2.24) is 20.4 Å². The minimum atomic E-state index is -1.24. The number of rotatable bonds is 8. The summed E-state index contributed by atoms with van der Waals surface area (Å²) in [6.45, 7) is 0.183. The molecule has 256 valence electrons. The number of carbonyl (C=O) groups is 2. The van der Waals surface area contributed by atoms with Crippen LogP contribution in [0, 0.1) is 11.2 Å². The summed E-state index contributed by atoms with van der Waals surface area (Å²) < 4.78 is 14.1. The molecule has 5 aromatic carbocycles. The molecule has 0 radical (unpaired) electrons. The summed E-state index contributed by atoms with van der Waals surface area (Å²) >= 11 is 1.43. The monoisotopic (exact) mass is 704 g/mol. The van der Waals surface area contributed by atoms with E-state index in [0.717, 1.165) is 38.3 Å². The zero-order chi connectivity index (χ0) is 35.9. The van der Waals surface area contributed by atoms with Crippen molar-refractivity contribution in [2.24, 2.45) is 4.99 Å². The van der Waals surface area contributed by atoms with E-state index >= 15 is 0 Å². The number of nitrogens with one attached hydrogen (secondary N) is 3. The fourth-order valence-corrected chi connectivity index (χ4v) is 8.06. The number of nitrogens with zero attached hydrogens (tertiary/aromatic N) is 3. The standard InChI is InChI=1S/C42H33FN6O2S/c1-48-37(50)42(33-17-9-4-10-18-33,36-25-30(27-52-36)29-12-11-19-34(43)24-29)47-40(48)45-35-22-20-28(21-23-35)26-49-38(51)41(46-39(49)44,31-13-5-2-6-14-31)32-15-7-3-8-16-32/h2-25,27H,26H2,1H3,(H2,44,46)(H,45,47). The van der Waals surface area contributed by atoms with Crippen LogP contribution >= 0.6 is 11.3 Å². The quantitative estimate of drug-likeness (QED) is 0.154. The second-order valence-corrected chi connectivity index (χ2v) is 13.7. The Bertz CT molecular complexity index is 2290. The van der Waals surface area contributed by atoms with Crippen molar-refractivity contribution in [3.05, 3.63) is 184 Å². The van der Waals surface area contributed by atoms with Gasteiger partial charge in [-0.1, -0.05) is 115 Å². The molecule has 8 rings (SSSR count). The van der Waals surface area contributed by atoms with Crippen LogP contribution < -0.4 is 10.6 Å². The lowest BCUT2D eigenvalue weighted by Crippen LogP contribution is -2.45. The molecule has 3 N–H and O–H groups in total. The summed E-state index contributed by atoms with van der Waals surface area (Å²) in [4.78, 5) is 37.1. The average Bonchev–Trinajstić information content (AvgIpc) is 3.85. The van der Waals surface area contributed by atoms with E-state index in [-0.39, 0.29) is 30.1 Å². The molecule has 0 bridgehead atoms. The molecule has 0 saturated carbocycles. The van der Waals surface area contributed by atoms with Crippen LogP contribution in [0.15, 0.2) is 156 Å². The average molecular weight is 705 g/mol. The van der Waals surface area contributed by atoms with Gasteiger partial charge in [0, 0.05) is 11.9 Å². The van der Waals surface area contributed by atoms with Crippen LogP contribution in [-0.2, 0) is 27.2 Å². The molecule has 52 heavy (non-hydrogen) atoms. The van der Waals surface area contributed by atoms with Crippen molar-refractivity contribution in [1.29, 1.82) is 5.41 Å². The zero-order valence-corrected chi connectivity index (χ0v) is 28.9. The Morgan fingerprint density at radius 2 is 1.29 bits per heavy atom. The van der Waals surface area contributed by atoms with Gasteiger partial charge >= 0.3 is 0 Å². The maximum absolute atomic E-state index is 14.3. The third-order valence-electron chi connectivity index (χ3n) is 9.64. The van der Waals surface area contributed by atoms with Gasteiger partial charge in [0.15, 0.2) is 17.0 Å². The van der Waals surface area contributed by atoms with E-state index in [9.17, 15) is 14.0 Å². The first-order valence-corrected chi connectivity index (χ1v) is 17.6. The lowest BCUT2D eigenvalue weighted by atomic mass is 9.82. The van der Waals surface area contributed by atoms with Crippen LogP contribution in [0.2, 0.25) is 0 Å². The molecule has 2 aliphatic rings. The Hall–Kier alpha value is -6.39. The second kappa shape index (κ2) is 13.1. The van der Waals surface area contributed by atoms with Crippen molar-refractivity contribution in [2.45, 2.75) is 17.6 Å². The number of carbonyl (C=O) groups excluding carboxylic acids is 2. The fourth-order valence-electron chi connectivity index (χ4n) is 6.97. The van der Waals surface area contributed by atoms with E-state index < -0.39 is 11.1 Å². The summed E-state index contributed by atoms with van der Waals surface area (Å²) in [7, 11) is 1.69. The van der Waals surface area contributed by atoms with Crippen molar-refractivity contribution in [2.75, 3.05) is 7.05 Å². The molecule has 2 fully saturated rings. The predicted octanol–water partition coefficient (Wildman–Crippen LogP) is 7.36. The molecule has 2 amide bonds. The number of guanidine groups is 2. The molecule has 1 unspecified atom stereocenters. The molecule has 0 aliphatic carbocycles. The Labute approximate surface area is 304 Å². The van der Waals surface area contributed by atoms with Crippen molar-refractivity contribution in [3.8, 4) is 11.1 Å². The maximum atomic E-state index is 14.3. The third kappa shape index (κ3) is 5.44. The van der Waals surface area contributed by atoms with E-state index in [1.165, 1.54) is 33.3 Å². The summed E-state index contributed by atoms with van der Waals surface area (Å²) in [5.74, 6) is -0.364. The van der Waals surface area contributed by atoms with Gasteiger partial charge in [-0.3, -0.25) is 24.8 Å². The molecule has 1 atom stereocenters. The highest BCUT2D eigenvalue weighted by Crippen LogP contribution is 2.41. The first kappa shape index (κ1) is 32.8. The van der Waals surface area contributed by atoms with Crippen molar-refractivity contribution in [3.63, 3.8) is 0 Å². The van der Waals surface area contributed by atoms with Gasteiger partial charge in [-0.05, 0) is 69.1 Å². The van der Waals surface area contributed by atoms with Crippen LogP contribution in [0.3, 0.4) is 0 Å². The summed E-state index contributed by atoms with van der Waals surface area (Å²) in [5.41, 5.74) is 2.77. The highest BCUT2D eigenvalue weighted by atomic mass is 32.1. The van der Waals surface area contributed by atoms with Crippen LogP contribution in [0.1, 0.15) is 27.1 Å². The number of amides is 2. The molecule has 1 aromatic heterocycles. The van der Waals surface area contributed by atoms with Crippen molar-refractivity contribution < 1.29 is 14.0 Å². The summed E-state index contributed by atoms with van der Waals surface area (Å²) in [6.07, 6.45) is 0. The van der Waals surface area contributed by atoms with E-state index in [4.69, 9.17) is 10.4 Å². The highest BCUT2D eigenvalue weighted by Gasteiger charge is 2.53. The third-order valence-corrected chi connectivity index (χ3v) is 10.7. The Morgan fingerprint density at radius 3 is 1.88 bits per heavy atom. The molecule has 10 heteroatoms. The predicted molar refractivity (Wildman–Crippen MR) is 201 cm³/mol. The summed E-state index contributed by atoms with van der Waals surface area (Å²) in [5, 5.41) is 17.4. The lowest BCUT2D eigenvalue weighted by molar-refractivity contribution is -0.130. The van der Waals surface area contributed by atoms with Gasteiger partial charge < -0.3 is 10.6 Å². The molecule has 0 spiro atoms. The van der Waals surface area contributed by atoms with Crippen LogP contribution in [-0.4, -0.2) is 40.6 Å². The largest absolute Gasteiger partial charge is 0.334 e. The Balaban J connectivity index is 1.07. The van der Waals surface area contributed by atoms with E-state index in [1.54, 1.807) is 13.1 Å². The van der Waals surface area contributed by atoms with Gasteiger partial charge in [0.05, 0.1) is 12.2 Å². The van der Waals surface area contributed by atoms with Crippen LogP contribution in [0.4, 0.5) is 10.1 Å². The number of thiophene rings is 1. The smallest absolute Gasteiger partial charge is 0.265 e. The van der Waals surface area contributed by atoms with Gasteiger partial charge in [0.1, 0.15) is 5.82 Å². The van der Waals surface area contributed by atoms with Crippen LogP contribution in [0.25, 0.3) is 11.1 Å². The van der Waals surface area contributed by atoms with Crippen molar-refractivity contribution >= 4 is 40.8 Å². The maximum Gasteiger partial charge on any atom is 0.265 e. The van der Waals surface area contributed by atoms with E-state index in [2.05, 4.69) is 10.6 Å². The molecular formula is C42H33FN6O2S. The Morgan fingerprint density at radius 1 is 0.692 bits per heavy atom. The highest BCUT2D eigenvalue weighted by molar-refractivity contribution is 7.10. The number of aliphatic imine (C=N–C) groups is 1. The van der Waals surface area contributed by atoms with Gasteiger partial charge in [-0.25, -0.2) is 9.38 Å². The molecular weight excluding hydrogens is 672 g/mol. The number of halogens is 1. The van der Waals surface area contributed by atoms with Gasteiger partial charge in [0.25, 0.3) is 11.8 Å². The number of benzene rings is 5. The van der Waals surface area contributed by atoms with Gasteiger partial charge in [-0.15, -0.1) is 11.3 Å². The SMILES string of the molecule is CN1C(=O)C(c2ccccc2)(c2cc(-c3cccc(F)c3)cs2)NC1=Nc1ccc(CN2C(=N)NC(c3ccccc3)(c3ccccc3)C2=O)cc1. The molecule has 6 aromatic rings. The molecule has 3 heterocycles. The second-order valence-electron chi connectivity index (χ2n) is 12.8. The fraction of sp³-hybridized carbons (Fsp3) is 0.0952. The minimum Gasteiger partial charge on any atom is -0.334 e. The van der Waals surface area contributed by atoms with Gasteiger partial charge in [-0.2, -0.15) is 0 Å². The molecule has 2 aliphatic heterocycles. The first-order chi connectivity index (χ1) is 25.3. The zero-order valence-electron chi connectivity index (χ0n) is 28.1. The molecule has 8 nitrogen and oxygen atoms in total. The normalized spacial score (nSPS) is 18.9. The number of likely N-dealkylation sites (N-methyl/N-ethyl adjacent to an activating group) is 1. The Kier molecular flexibility index (Phi) is 8.23. The first-order valence-electron chi connectivity index (χ1n) is 16.7. The topological polar surface area (TPSA) is 101 Å². The van der Waals surface area contributed by atoms with E-state index in [1.807, 2.05) is 133 Å². The van der Waals surface area contributed by atoms with Gasteiger partial charge in [0.2, 0.25) is 5.96 Å². The molecule has 2 saturated heterocycles. The number of hydrogen-bond acceptors (Lipinski definition) is 5. The van der Waals surface area contributed by atoms with Crippen LogP contribution in [0.5, 0.6) is 0 Å². The minimum absolute atomic E-state index is 0.0173.